The first kappa shape index (κ1) is 17.7. The van der Waals surface area contributed by atoms with Gasteiger partial charge in [-0.05, 0) is 20.3 Å². The van der Waals surface area contributed by atoms with E-state index in [4.69, 9.17) is 4.74 Å². The molecule has 1 heterocycles. The number of nitro groups is 1. The van der Waals surface area contributed by atoms with Crippen molar-refractivity contribution in [3.05, 3.63) is 51.2 Å². The van der Waals surface area contributed by atoms with Crippen molar-refractivity contribution in [1.82, 2.24) is 5.32 Å². The number of benzene rings is 1. The molecule has 128 valence electrons. The van der Waals surface area contributed by atoms with Crippen LogP contribution in [-0.4, -0.2) is 22.9 Å². The summed E-state index contributed by atoms with van der Waals surface area (Å²) in [6.07, 6.45) is 0.343. The van der Waals surface area contributed by atoms with Crippen LogP contribution in [0.2, 0.25) is 0 Å². The minimum absolute atomic E-state index is 0.0346. The summed E-state index contributed by atoms with van der Waals surface area (Å²) in [4.78, 5) is 35.3. The largest absolute Gasteiger partial charge is 0.459 e. The highest BCUT2D eigenvalue weighted by Gasteiger charge is 2.36. The van der Waals surface area contributed by atoms with Crippen LogP contribution in [-0.2, 0) is 14.3 Å². The van der Waals surface area contributed by atoms with Crippen molar-refractivity contribution in [1.29, 1.82) is 0 Å². The summed E-state index contributed by atoms with van der Waals surface area (Å²) in [5.41, 5.74) is 0.874. The van der Waals surface area contributed by atoms with Crippen LogP contribution in [0.1, 0.15) is 45.1 Å². The van der Waals surface area contributed by atoms with Gasteiger partial charge in [-0.15, -0.1) is 0 Å². The molecule has 0 fully saturated rings. The molecule has 1 amide bonds. The van der Waals surface area contributed by atoms with Crippen molar-refractivity contribution >= 4 is 17.6 Å². The normalized spacial score (nSPS) is 18.8. The number of para-hydroxylation sites is 1. The molecule has 0 spiro atoms. The standard InChI is InChI=1S/C17H20N2O5/c1-4-10(2)24-17(21)16-11(3)18-15(20)9-13(16)12-7-5-6-8-14(12)19(22)23/h5-8,10,13H,4,9H2,1-3H3,(H,18,20). The van der Waals surface area contributed by atoms with E-state index >= 15 is 0 Å². The quantitative estimate of drug-likeness (QED) is 0.508. The second-order valence-electron chi connectivity index (χ2n) is 5.78. The number of rotatable bonds is 5. The Bertz CT molecular complexity index is 711. The zero-order valence-electron chi connectivity index (χ0n) is 13.9. The van der Waals surface area contributed by atoms with E-state index in [0.29, 0.717) is 17.7 Å². The third-order valence-electron chi connectivity index (χ3n) is 4.08. The Morgan fingerprint density at radius 3 is 2.75 bits per heavy atom. The number of allylic oxidation sites excluding steroid dienone is 1. The minimum atomic E-state index is -0.697. The van der Waals surface area contributed by atoms with E-state index < -0.39 is 16.8 Å². The highest BCUT2D eigenvalue weighted by molar-refractivity contribution is 5.96. The molecule has 2 unspecified atom stereocenters. The van der Waals surface area contributed by atoms with E-state index in [0.717, 1.165) is 0 Å². The maximum absolute atomic E-state index is 12.5. The fraction of sp³-hybridized carbons (Fsp3) is 0.412. The molecule has 1 aromatic rings. The van der Waals surface area contributed by atoms with Crippen molar-refractivity contribution < 1.29 is 19.2 Å². The smallest absolute Gasteiger partial charge is 0.336 e. The molecule has 24 heavy (non-hydrogen) atoms. The van der Waals surface area contributed by atoms with Gasteiger partial charge in [0.25, 0.3) is 5.69 Å². The van der Waals surface area contributed by atoms with Gasteiger partial charge in [0.1, 0.15) is 0 Å². The molecule has 0 saturated carbocycles. The van der Waals surface area contributed by atoms with Crippen LogP contribution in [0.25, 0.3) is 0 Å². The second kappa shape index (κ2) is 7.25. The van der Waals surface area contributed by atoms with Gasteiger partial charge >= 0.3 is 5.97 Å². The monoisotopic (exact) mass is 332 g/mol. The maximum Gasteiger partial charge on any atom is 0.336 e. The molecule has 7 nitrogen and oxygen atoms in total. The first-order chi connectivity index (χ1) is 11.3. The van der Waals surface area contributed by atoms with Crippen LogP contribution in [0.3, 0.4) is 0 Å². The minimum Gasteiger partial charge on any atom is -0.459 e. The van der Waals surface area contributed by atoms with Crippen LogP contribution in [0.15, 0.2) is 35.5 Å². The van der Waals surface area contributed by atoms with Gasteiger partial charge in [0, 0.05) is 29.7 Å². The first-order valence-electron chi connectivity index (χ1n) is 7.80. The average Bonchev–Trinajstić information content (AvgIpc) is 2.53. The fourth-order valence-electron chi connectivity index (χ4n) is 2.72. The van der Waals surface area contributed by atoms with E-state index in [9.17, 15) is 19.7 Å². The van der Waals surface area contributed by atoms with Crippen molar-refractivity contribution in [2.75, 3.05) is 0 Å². The highest BCUT2D eigenvalue weighted by Crippen LogP contribution is 2.38. The zero-order chi connectivity index (χ0) is 17.9. The van der Waals surface area contributed by atoms with E-state index in [1.54, 1.807) is 32.0 Å². The van der Waals surface area contributed by atoms with E-state index in [-0.39, 0.29) is 29.7 Å². The van der Waals surface area contributed by atoms with Gasteiger partial charge in [0.2, 0.25) is 5.91 Å². The molecule has 0 aromatic heterocycles. The molecule has 1 aliphatic rings. The third kappa shape index (κ3) is 3.61. The SMILES string of the molecule is CCC(C)OC(=O)C1=C(C)NC(=O)CC1c1ccccc1[N+](=O)[O-]. The van der Waals surface area contributed by atoms with Crippen molar-refractivity contribution in [3.63, 3.8) is 0 Å². The summed E-state index contributed by atoms with van der Waals surface area (Å²) in [5, 5.41) is 13.9. The Balaban J connectivity index is 2.50. The van der Waals surface area contributed by atoms with Gasteiger partial charge in [-0.3, -0.25) is 14.9 Å². The lowest BCUT2D eigenvalue weighted by Crippen LogP contribution is -2.35. The van der Waals surface area contributed by atoms with Gasteiger partial charge < -0.3 is 10.1 Å². The number of amides is 1. The molecule has 1 N–H and O–H groups in total. The number of hydrogen-bond acceptors (Lipinski definition) is 5. The van der Waals surface area contributed by atoms with Crippen LogP contribution in [0.5, 0.6) is 0 Å². The van der Waals surface area contributed by atoms with Crippen LogP contribution < -0.4 is 5.32 Å². The highest BCUT2D eigenvalue weighted by atomic mass is 16.6. The topological polar surface area (TPSA) is 98.5 Å². The molecule has 2 rings (SSSR count). The Morgan fingerprint density at radius 1 is 1.46 bits per heavy atom. The Kier molecular flexibility index (Phi) is 5.33. The second-order valence-corrected chi connectivity index (χ2v) is 5.78. The summed E-state index contributed by atoms with van der Waals surface area (Å²) >= 11 is 0. The summed E-state index contributed by atoms with van der Waals surface area (Å²) in [6, 6.07) is 6.15. The predicted molar refractivity (Wildman–Crippen MR) is 87.1 cm³/mol. The van der Waals surface area contributed by atoms with Crippen molar-refractivity contribution in [2.24, 2.45) is 0 Å². The number of carbonyl (C=O) groups is 2. The number of nitro benzene ring substituents is 1. The zero-order valence-corrected chi connectivity index (χ0v) is 13.9. The number of carbonyl (C=O) groups excluding carboxylic acids is 2. The molecule has 0 radical (unpaired) electrons. The molecule has 0 aliphatic carbocycles. The van der Waals surface area contributed by atoms with E-state index in [1.165, 1.54) is 6.07 Å². The Labute approximate surface area is 139 Å². The Hall–Kier alpha value is -2.70. The number of ether oxygens (including phenoxy) is 1. The molecule has 2 atom stereocenters. The molecule has 1 aliphatic heterocycles. The summed E-state index contributed by atoms with van der Waals surface area (Å²) in [5.74, 6) is -1.53. The van der Waals surface area contributed by atoms with Gasteiger partial charge in [0.05, 0.1) is 16.6 Å². The predicted octanol–water partition coefficient (Wildman–Crippen LogP) is 2.81. The Morgan fingerprint density at radius 2 is 2.12 bits per heavy atom. The van der Waals surface area contributed by atoms with Gasteiger partial charge in [-0.1, -0.05) is 25.1 Å². The van der Waals surface area contributed by atoms with Crippen LogP contribution >= 0.6 is 0 Å². The number of nitrogens with zero attached hydrogens (tertiary/aromatic N) is 1. The first-order valence-corrected chi connectivity index (χ1v) is 7.80. The number of nitrogens with one attached hydrogen (secondary N) is 1. The third-order valence-corrected chi connectivity index (χ3v) is 4.08. The number of hydrogen-bond donors (Lipinski definition) is 1. The van der Waals surface area contributed by atoms with Crippen LogP contribution in [0.4, 0.5) is 5.69 Å². The van der Waals surface area contributed by atoms with E-state index in [1.807, 2.05) is 6.92 Å². The fourth-order valence-corrected chi connectivity index (χ4v) is 2.72. The van der Waals surface area contributed by atoms with Crippen LogP contribution in [0, 0.1) is 10.1 Å². The number of esters is 1. The molecule has 0 saturated heterocycles. The summed E-state index contributed by atoms with van der Waals surface area (Å²) in [6.45, 7) is 5.27. The van der Waals surface area contributed by atoms with Gasteiger partial charge in [0.15, 0.2) is 0 Å². The molecule has 0 bridgehead atoms. The van der Waals surface area contributed by atoms with E-state index in [2.05, 4.69) is 5.32 Å². The lowest BCUT2D eigenvalue weighted by Gasteiger charge is -2.27. The molecular formula is C17H20N2O5. The lowest BCUT2D eigenvalue weighted by atomic mass is 9.83. The molecular weight excluding hydrogens is 312 g/mol. The average molecular weight is 332 g/mol. The van der Waals surface area contributed by atoms with Gasteiger partial charge in [-0.25, -0.2) is 4.79 Å². The van der Waals surface area contributed by atoms with Gasteiger partial charge in [-0.2, -0.15) is 0 Å². The van der Waals surface area contributed by atoms with Crippen molar-refractivity contribution in [3.8, 4) is 0 Å². The molecule has 7 heteroatoms. The maximum atomic E-state index is 12.5. The summed E-state index contributed by atoms with van der Waals surface area (Å²) < 4.78 is 5.38. The summed E-state index contributed by atoms with van der Waals surface area (Å²) in [7, 11) is 0. The van der Waals surface area contributed by atoms with Crippen molar-refractivity contribution in [2.45, 2.75) is 45.6 Å². The molecule has 1 aromatic carbocycles. The lowest BCUT2D eigenvalue weighted by molar-refractivity contribution is -0.385.